The molecule has 0 aliphatic heterocycles. The molecule has 15 rings (SSSR count). The fourth-order valence-corrected chi connectivity index (χ4v) is 12.8. The lowest BCUT2D eigenvalue weighted by molar-refractivity contribution is 0.794. The quantitative estimate of drug-likeness (QED) is 0.143. The minimum Gasteiger partial charge on any atom is -0.310 e. The maximum absolute atomic E-state index is 2.53. The van der Waals surface area contributed by atoms with Crippen molar-refractivity contribution in [3.8, 4) is 50.2 Å². The Kier molecular flexibility index (Phi) is 10.1. The molecule has 0 unspecified atom stereocenters. The smallest absolute Gasteiger partial charge is 0.0726 e. The Balaban J connectivity index is 0.987. The molecule has 1 aromatic heterocycles. The van der Waals surface area contributed by atoms with Crippen molar-refractivity contribution in [1.29, 1.82) is 0 Å². The predicted octanol–water partition coefficient (Wildman–Crippen LogP) is 19.4. The van der Waals surface area contributed by atoms with E-state index in [9.17, 15) is 0 Å². The molecule has 0 amide bonds. The van der Waals surface area contributed by atoms with Crippen LogP contribution in [0, 0.1) is 0 Å². The van der Waals surface area contributed by atoms with E-state index in [0.717, 1.165) is 56.5 Å². The number of para-hydroxylation sites is 5. The fraction of sp³-hybridized carbons (Fsp3) is 0.0137. The van der Waals surface area contributed by atoms with Gasteiger partial charge in [-0.25, -0.2) is 0 Å². The van der Waals surface area contributed by atoms with Gasteiger partial charge in [0.2, 0.25) is 0 Å². The number of rotatable bonds is 9. The first-order chi connectivity index (χ1) is 37.7. The molecule has 13 aromatic rings. The molecule has 0 bridgehead atoms. The van der Waals surface area contributed by atoms with E-state index < -0.39 is 5.41 Å². The van der Waals surface area contributed by atoms with Crippen molar-refractivity contribution in [1.82, 2.24) is 4.57 Å². The molecule has 0 fully saturated rings. The summed E-state index contributed by atoms with van der Waals surface area (Å²) in [5, 5.41) is 2.42. The van der Waals surface area contributed by atoms with Crippen molar-refractivity contribution in [3.63, 3.8) is 0 Å². The molecule has 0 atom stereocenters. The van der Waals surface area contributed by atoms with Crippen molar-refractivity contribution in [2.24, 2.45) is 0 Å². The number of hydrogen-bond donors (Lipinski definition) is 0. The lowest BCUT2D eigenvalue weighted by Gasteiger charge is -2.33. The van der Waals surface area contributed by atoms with Crippen LogP contribution in [-0.2, 0) is 5.41 Å². The summed E-state index contributed by atoms with van der Waals surface area (Å²) < 4.78 is 2.40. The Labute approximate surface area is 443 Å². The van der Waals surface area contributed by atoms with Gasteiger partial charge in [0.1, 0.15) is 0 Å². The van der Waals surface area contributed by atoms with Gasteiger partial charge in [-0.1, -0.05) is 194 Å². The van der Waals surface area contributed by atoms with E-state index in [2.05, 4.69) is 312 Å². The first kappa shape index (κ1) is 43.6. The van der Waals surface area contributed by atoms with Crippen LogP contribution in [0.25, 0.3) is 72.0 Å². The van der Waals surface area contributed by atoms with Crippen LogP contribution in [-0.4, -0.2) is 4.57 Å². The van der Waals surface area contributed by atoms with Crippen molar-refractivity contribution in [2.45, 2.75) is 5.41 Å². The van der Waals surface area contributed by atoms with E-state index in [0.29, 0.717) is 0 Å². The second-order valence-electron chi connectivity index (χ2n) is 20.0. The highest BCUT2D eigenvalue weighted by Crippen LogP contribution is 2.65. The first-order valence-corrected chi connectivity index (χ1v) is 26.3. The number of anilines is 6. The zero-order valence-electron chi connectivity index (χ0n) is 41.6. The van der Waals surface area contributed by atoms with Crippen LogP contribution < -0.4 is 9.80 Å². The third-order valence-corrected chi connectivity index (χ3v) is 15.9. The monoisotopic (exact) mass is 967 g/mol. The van der Waals surface area contributed by atoms with Crippen LogP contribution in [0.1, 0.15) is 22.3 Å². The topological polar surface area (TPSA) is 11.4 Å². The number of nitrogens with zero attached hydrogens (tertiary/aromatic N) is 3. The lowest BCUT2D eigenvalue weighted by Crippen LogP contribution is -2.26. The van der Waals surface area contributed by atoms with E-state index in [1.807, 2.05) is 0 Å². The summed E-state index contributed by atoms with van der Waals surface area (Å²) in [5.74, 6) is 0. The van der Waals surface area contributed by atoms with Crippen LogP contribution in [0.2, 0.25) is 0 Å². The van der Waals surface area contributed by atoms with Crippen LogP contribution in [0.15, 0.2) is 297 Å². The zero-order chi connectivity index (χ0) is 50.2. The molecular weight excluding hydrogens is 919 g/mol. The summed E-state index contributed by atoms with van der Waals surface area (Å²) in [6.45, 7) is 0. The Bertz CT molecular complexity index is 4260. The zero-order valence-corrected chi connectivity index (χ0v) is 41.6. The van der Waals surface area contributed by atoms with Gasteiger partial charge in [0.25, 0.3) is 0 Å². The maximum atomic E-state index is 2.53. The summed E-state index contributed by atoms with van der Waals surface area (Å²) in [7, 11) is 0. The van der Waals surface area contributed by atoms with Gasteiger partial charge in [0.05, 0.1) is 16.4 Å². The molecule has 0 radical (unpaired) electrons. The molecule has 0 saturated heterocycles. The number of aromatic nitrogens is 1. The van der Waals surface area contributed by atoms with Crippen LogP contribution >= 0.6 is 0 Å². The SMILES string of the molecule is c1ccc(N(c2ccccc2)c2cccc(-c3cccc(-c4cc(N(c5ccccc5)c5ccc6c(c5)c5ccccc5n6-c5ccccc5)cc5c4-c4ccccc4C54c5ccccc5-c5ccccc54)c3)c2)cc1. The number of fused-ring (bicyclic) bond motifs is 13. The van der Waals surface area contributed by atoms with Gasteiger partial charge in [-0.15, -0.1) is 0 Å². The molecule has 0 saturated carbocycles. The lowest BCUT2D eigenvalue weighted by atomic mass is 9.70. The summed E-state index contributed by atoms with van der Waals surface area (Å²) in [4.78, 5) is 4.82. The summed E-state index contributed by atoms with van der Waals surface area (Å²) in [6.07, 6.45) is 0. The van der Waals surface area contributed by atoms with Gasteiger partial charge in [0.15, 0.2) is 0 Å². The normalized spacial score (nSPS) is 12.6. The maximum Gasteiger partial charge on any atom is 0.0726 e. The van der Waals surface area contributed by atoms with Crippen LogP contribution in [0.5, 0.6) is 0 Å². The highest BCUT2D eigenvalue weighted by Gasteiger charge is 2.52. The van der Waals surface area contributed by atoms with Crippen LogP contribution in [0.3, 0.4) is 0 Å². The van der Waals surface area contributed by atoms with E-state index in [1.54, 1.807) is 0 Å². The molecule has 0 N–H and O–H groups in total. The highest BCUT2D eigenvalue weighted by atomic mass is 15.1. The largest absolute Gasteiger partial charge is 0.310 e. The van der Waals surface area contributed by atoms with Gasteiger partial charge in [-0.2, -0.15) is 0 Å². The summed E-state index contributed by atoms with van der Waals surface area (Å²) in [6, 6.07) is 109. The summed E-state index contributed by atoms with van der Waals surface area (Å²) in [5.41, 5.74) is 24.5. The Morgan fingerprint density at radius 1 is 0.250 bits per heavy atom. The van der Waals surface area contributed by atoms with Crippen molar-refractivity contribution in [3.05, 3.63) is 320 Å². The second-order valence-corrected chi connectivity index (χ2v) is 20.0. The molecule has 3 nitrogen and oxygen atoms in total. The molecule has 1 spiro atoms. The average molecular weight is 968 g/mol. The molecular formula is C73H49N3. The van der Waals surface area contributed by atoms with Gasteiger partial charge in [0, 0.05) is 50.6 Å². The minimum atomic E-state index is -0.566. The van der Waals surface area contributed by atoms with Crippen molar-refractivity contribution in [2.75, 3.05) is 9.80 Å². The van der Waals surface area contributed by atoms with Crippen LogP contribution in [0.4, 0.5) is 34.1 Å². The molecule has 1 heterocycles. The average Bonchev–Trinajstić information content (AvgIpc) is 4.31. The molecule has 76 heavy (non-hydrogen) atoms. The van der Waals surface area contributed by atoms with Crippen molar-refractivity contribution < 1.29 is 0 Å². The molecule has 3 heteroatoms. The molecule has 12 aromatic carbocycles. The third kappa shape index (κ3) is 6.69. The van der Waals surface area contributed by atoms with E-state index >= 15 is 0 Å². The van der Waals surface area contributed by atoms with Gasteiger partial charge in [-0.3, -0.25) is 0 Å². The van der Waals surface area contributed by atoms with E-state index in [-0.39, 0.29) is 0 Å². The standard InChI is InChI=1S/C73H49N3/c1-5-26-53(27-6-1)74(54-28-7-2-8-29-54)57-34-22-24-51(46-57)50-23-21-25-52(45-50)64-48-59(49-69-72(64)63-38-15-19-41-68(63)73(69)66-39-17-13-35-60(66)61-36-14-18-40-67(61)73)75(55-30-9-3-10-31-55)58-43-44-71-65(47-58)62-37-16-20-42-70(62)76(71)56-32-11-4-12-33-56/h1-49H. The Morgan fingerprint density at radius 3 is 1.36 bits per heavy atom. The predicted molar refractivity (Wildman–Crippen MR) is 317 cm³/mol. The van der Waals surface area contributed by atoms with E-state index in [1.165, 1.54) is 71.9 Å². The Hall–Kier alpha value is -9.96. The van der Waals surface area contributed by atoms with Gasteiger partial charge < -0.3 is 14.4 Å². The minimum absolute atomic E-state index is 0.566. The summed E-state index contributed by atoms with van der Waals surface area (Å²) >= 11 is 0. The molecule has 2 aliphatic rings. The van der Waals surface area contributed by atoms with Gasteiger partial charge >= 0.3 is 0 Å². The second kappa shape index (κ2) is 17.6. The molecule has 356 valence electrons. The Morgan fingerprint density at radius 2 is 0.711 bits per heavy atom. The van der Waals surface area contributed by atoms with Crippen molar-refractivity contribution >= 4 is 55.9 Å². The third-order valence-electron chi connectivity index (χ3n) is 15.9. The number of benzene rings is 12. The van der Waals surface area contributed by atoms with E-state index in [4.69, 9.17) is 0 Å². The van der Waals surface area contributed by atoms with Gasteiger partial charge in [-0.05, 0) is 170 Å². The fourth-order valence-electron chi connectivity index (χ4n) is 12.8. The first-order valence-electron chi connectivity index (χ1n) is 26.3. The highest BCUT2D eigenvalue weighted by molar-refractivity contribution is 6.11. The molecule has 2 aliphatic carbocycles. The number of hydrogen-bond acceptors (Lipinski definition) is 2.